The lowest BCUT2D eigenvalue weighted by atomic mass is 10.1. The van der Waals surface area contributed by atoms with E-state index in [1.54, 1.807) is 0 Å². The monoisotopic (exact) mass is 412 g/mol. The molecule has 0 saturated heterocycles. The summed E-state index contributed by atoms with van der Waals surface area (Å²) in [5, 5.41) is 6.63. The van der Waals surface area contributed by atoms with Gasteiger partial charge in [0.2, 0.25) is 11.8 Å². The summed E-state index contributed by atoms with van der Waals surface area (Å²) in [5.74, 6) is 0.270. The fourth-order valence-corrected chi connectivity index (χ4v) is 4.58. The van der Waals surface area contributed by atoms with Crippen LogP contribution in [0, 0.1) is 5.92 Å². The van der Waals surface area contributed by atoms with Crippen LogP contribution in [0.5, 0.6) is 0 Å². The van der Waals surface area contributed by atoms with E-state index in [4.69, 9.17) is 0 Å². The van der Waals surface area contributed by atoms with Crippen molar-refractivity contribution in [1.29, 1.82) is 0 Å². The molecule has 1 aromatic carbocycles. The maximum atomic E-state index is 12.5. The third kappa shape index (κ3) is 5.42. The van der Waals surface area contributed by atoms with Crippen LogP contribution in [-0.2, 0) is 29.0 Å². The highest BCUT2D eigenvalue weighted by molar-refractivity contribution is 7.15. The largest absolute Gasteiger partial charge is 0.325 e. The van der Waals surface area contributed by atoms with E-state index < -0.39 is 0 Å². The van der Waals surface area contributed by atoms with Gasteiger partial charge < -0.3 is 10.6 Å². The minimum Gasteiger partial charge on any atom is -0.325 e. The second-order valence-corrected chi connectivity index (χ2v) is 9.05. The van der Waals surface area contributed by atoms with Gasteiger partial charge in [-0.25, -0.2) is 4.98 Å². The minimum absolute atomic E-state index is 0.00142. The Kier molecular flexibility index (Phi) is 6.25. The Morgan fingerprint density at radius 2 is 2.00 bits per heavy atom. The van der Waals surface area contributed by atoms with Crippen LogP contribution in [0.25, 0.3) is 0 Å². The Labute approximate surface area is 175 Å². The van der Waals surface area contributed by atoms with E-state index in [1.807, 2.05) is 12.1 Å². The number of thiazole rings is 1. The quantitative estimate of drug-likeness (QED) is 0.691. The fraction of sp³-hybridized carbons (Fsp3) is 0.500. The van der Waals surface area contributed by atoms with Gasteiger partial charge in [-0.15, -0.1) is 11.3 Å². The molecule has 2 heterocycles. The molecule has 0 atom stereocenters. The number of carbonyl (C=O) groups is 2. The number of nitrogens with zero attached hydrogens (tertiary/aromatic N) is 2. The lowest BCUT2D eigenvalue weighted by molar-refractivity contribution is -0.118. The van der Waals surface area contributed by atoms with E-state index in [-0.39, 0.29) is 17.7 Å². The van der Waals surface area contributed by atoms with Gasteiger partial charge in [0.1, 0.15) is 0 Å². The molecule has 1 aromatic heterocycles. The van der Waals surface area contributed by atoms with Crippen LogP contribution in [-0.4, -0.2) is 34.8 Å². The first-order valence-electron chi connectivity index (χ1n) is 10.5. The molecule has 2 aliphatic rings. The Hall–Kier alpha value is -2.25. The van der Waals surface area contributed by atoms with E-state index in [9.17, 15) is 9.59 Å². The first kappa shape index (κ1) is 20.0. The first-order valence-corrected chi connectivity index (χ1v) is 11.3. The van der Waals surface area contributed by atoms with Gasteiger partial charge in [0, 0.05) is 36.0 Å². The summed E-state index contributed by atoms with van der Waals surface area (Å²) in [6.45, 7) is 4.06. The number of nitrogens with one attached hydrogen (secondary N) is 2. The van der Waals surface area contributed by atoms with Crippen molar-refractivity contribution in [3.63, 3.8) is 0 Å². The lowest BCUT2D eigenvalue weighted by Gasteiger charge is -2.25. The number of benzene rings is 1. The number of carbonyl (C=O) groups excluding carboxylic acids is 2. The zero-order valence-corrected chi connectivity index (χ0v) is 17.7. The highest BCUT2D eigenvalue weighted by Crippen LogP contribution is 2.32. The second kappa shape index (κ2) is 9.05. The smallest absolute Gasteiger partial charge is 0.238 e. The van der Waals surface area contributed by atoms with Gasteiger partial charge >= 0.3 is 0 Å². The number of hydrogen-bond acceptors (Lipinski definition) is 5. The Bertz CT molecular complexity index is 873. The maximum absolute atomic E-state index is 12.5. The number of hydrogen-bond donors (Lipinski definition) is 2. The molecule has 1 aliphatic heterocycles. The van der Waals surface area contributed by atoms with Crippen LogP contribution in [0.15, 0.2) is 24.3 Å². The van der Waals surface area contributed by atoms with Crippen molar-refractivity contribution in [3.8, 4) is 0 Å². The molecular formula is C22H28N4O2S. The van der Waals surface area contributed by atoms with Crippen molar-refractivity contribution in [2.75, 3.05) is 23.7 Å². The summed E-state index contributed by atoms with van der Waals surface area (Å²) >= 11 is 1.54. The SMILES string of the molecule is CCCCc1ccc(NC(=O)CN2CCc3nc(NC(=O)C4CC4)sc3C2)cc1. The van der Waals surface area contributed by atoms with Gasteiger partial charge in [-0.3, -0.25) is 14.5 Å². The molecule has 2 aromatic rings. The lowest BCUT2D eigenvalue weighted by Crippen LogP contribution is -2.36. The van der Waals surface area contributed by atoms with Crippen molar-refractivity contribution < 1.29 is 9.59 Å². The molecule has 7 heteroatoms. The van der Waals surface area contributed by atoms with Gasteiger partial charge in [0.05, 0.1) is 12.2 Å². The average molecular weight is 413 g/mol. The molecule has 0 unspecified atom stereocenters. The summed E-state index contributed by atoms with van der Waals surface area (Å²) < 4.78 is 0. The third-order valence-corrected chi connectivity index (χ3v) is 6.41. The number of aromatic nitrogens is 1. The van der Waals surface area contributed by atoms with Gasteiger partial charge in [0.25, 0.3) is 0 Å². The zero-order chi connectivity index (χ0) is 20.2. The van der Waals surface area contributed by atoms with E-state index >= 15 is 0 Å². The van der Waals surface area contributed by atoms with E-state index in [0.29, 0.717) is 18.2 Å². The van der Waals surface area contributed by atoms with Gasteiger partial charge in [-0.2, -0.15) is 0 Å². The third-order valence-electron chi connectivity index (χ3n) is 5.41. The van der Waals surface area contributed by atoms with Gasteiger partial charge in [-0.1, -0.05) is 25.5 Å². The topological polar surface area (TPSA) is 74.3 Å². The minimum atomic E-state index is 0.00142. The number of rotatable bonds is 8. The molecule has 6 nitrogen and oxygen atoms in total. The number of anilines is 2. The molecule has 0 radical (unpaired) electrons. The van der Waals surface area contributed by atoms with Crippen molar-refractivity contribution in [1.82, 2.24) is 9.88 Å². The number of fused-ring (bicyclic) bond motifs is 1. The van der Waals surface area contributed by atoms with Crippen LogP contribution in [0.1, 0.15) is 48.7 Å². The fourth-order valence-electron chi connectivity index (χ4n) is 3.53. The van der Waals surface area contributed by atoms with E-state index in [1.165, 1.54) is 29.7 Å². The molecule has 1 fully saturated rings. The van der Waals surface area contributed by atoms with Crippen LogP contribution >= 0.6 is 11.3 Å². The van der Waals surface area contributed by atoms with Crippen molar-refractivity contribution >= 4 is 34.0 Å². The number of amides is 2. The molecule has 29 heavy (non-hydrogen) atoms. The van der Waals surface area contributed by atoms with E-state index in [0.717, 1.165) is 48.5 Å². The van der Waals surface area contributed by atoms with Crippen LogP contribution in [0.3, 0.4) is 0 Å². The standard InChI is InChI=1S/C22H28N4O2S/c1-2-3-4-15-5-9-17(10-6-15)23-20(27)14-26-12-11-18-19(13-26)29-22(24-18)25-21(28)16-7-8-16/h5-6,9-10,16H,2-4,7-8,11-14H2,1H3,(H,23,27)(H,24,25,28). The number of unbranched alkanes of at least 4 members (excludes halogenated alkanes) is 1. The Morgan fingerprint density at radius 3 is 2.72 bits per heavy atom. The average Bonchev–Trinajstić information content (AvgIpc) is 3.48. The van der Waals surface area contributed by atoms with E-state index in [2.05, 4.69) is 39.6 Å². The van der Waals surface area contributed by atoms with Crippen molar-refractivity contribution in [2.24, 2.45) is 5.92 Å². The molecule has 0 bridgehead atoms. The summed E-state index contributed by atoms with van der Waals surface area (Å²) in [7, 11) is 0. The summed E-state index contributed by atoms with van der Waals surface area (Å²) in [6.07, 6.45) is 6.24. The highest BCUT2D eigenvalue weighted by atomic mass is 32.1. The highest BCUT2D eigenvalue weighted by Gasteiger charge is 2.31. The molecule has 2 N–H and O–H groups in total. The second-order valence-electron chi connectivity index (χ2n) is 7.96. The molecule has 1 aliphatic carbocycles. The summed E-state index contributed by atoms with van der Waals surface area (Å²) in [4.78, 5) is 32.3. The zero-order valence-electron chi connectivity index (χ0n) is 16.9. The van der Waals surface area contributed by atoms with Gasteiger partial charge in [-0.05, 0) is 43.4 Å². The van der Waals surface area contributed by atoms with Crippen molar-refractivity contribution in [2.45, 2.75) is 52.0 Å². The Balaban J connectivity index is 1.27. The number of aryl methyl sites for hydroxylation is 1. The molecular weight excluding hydrogens is 384 g/mol. The molecule has 2 amide bonds. The van der Waals surface area contributed by atoms with Gasteiger partial charge in [0.15, 0.2) is 5.13 Å². The van der Waals surface area contributed by atoms with Crippen molar-refractivity contribution in [3.05, 3.63) is 40.4 Å². The maximum Gasteiger partial charge on any atom is 0.238 e. The van der Waals surface area contributed by atoms with Crippen LogP contribution in [0.4, 0.5) is 10.8 Å². The molecule has 0 spiro atoms. The Morgan fingerprint density at radius 1 is 1.21 bits per heavy atom. The first-order chi connectivity index (χ1) is 14.1. The molecule has 4 rings (SSSR count). The molecule has 154 valence electrons. The van der Waals surface area contributed by atoms with Crippen LogP contribution in [0.2, 0.25) is 0 Å². The molecule has 1 saturated carbocycles. The summed E-state index contributed by atoms with van der Waals surface area (Å²) in [5.41, 5.74) is 3.21. The van der Waals surface area contributed by atoms with Crippen LogP contribution < -0.4 is 10.6 Å². The predicted octanol–water partition coefficient (Wildman–Crippen LogP) is 3.83. The summed E-state index contributed by atoms with van der Waals surface area (Å²) in [6, 6.07) is 8.14. The predicted molar refractivity (Wildman–Crippen MR) is 116 cm³/mol. The normalized spacial score (nSPS) is 16.3.